The SMILES string of the molecule is O=C(C=Cc1ccccc1)N1CCN(S(=O)(=O)c2ccc(F)cc2)CC1. The van der Waals surface area contributed by atoms with E-state index in [1.165, 1.54) is 22.5 Å². The minimum atomic E-state index is -3.67. The lowest BCUT2D eigenvalue weighted by atomic mass is 10.2. The molecule has 3 rings (SSSR count). The summed E-state index contributed by atoms with van der Waals surface area (Å²) in [7, 11) is -3.67. The second-order valence-electron chi connectivity index (χ2n) is 5.93. The minimum Gasteiger partial charge on any atom is -0.337 e. The van der Waals surface area contributed by atoms with Crippen molar-refractivity contribution in [2.24, 2.45) is 0 Å². The number of carbonyl (C=O) groups excluding carboxylic acids is 1. The first-order chi connectivity index (χ1) is 12.5. The zero-order valence-electron chi connectivity index (χ0n) is 14.1. The van der Waals surface area contributed by atoms with Crippen LogP contribution in [0.2, 0.25) is 0 Å². The second-order valence-corrected chi connectivity index (χ2v) is 7.87. The molecular weight excluding hydrogens is 355 g/mol. The lowest BCUT2D eigenvalue weighted by Crippen LogP contribution is -2.50. The third kappa shape index (κ3) is 4.17. The van der Waals surface area contributed by atoms with Crippen molar-refractivity contribution < 1.29 is 17.6 Å². The van der Waals surface area contributed by atoms with Gasteiger partial charge < -0.3 is 4.90 Å². The molecule has 0 N–H and O–H groups in total. The molecule has 0 spiro atoms. The number of halogens is 1. The third-order valence-electron chi connectivity index (χ3n) is 4.22. The van der Waals surface area contributed by atoms with E-state index < -0.39 is 15.8 Å². The van der Waals surface area contributed by atoms with Crippen LogP contribution in [0.25, 0.3) is 6.08 Å². The Morgan fingerprint density at radius 1 is 0.923 bits per heavy atom. The van der Waals surface area contributed by atoms with Crippen LogP contribution in [0.1, 0.15) is 5.56 Å². The maximum Gasteiger partial charge on any atom is 0.246 e. The summed E-state index contributed by atoms with van der Waals surface area (Å²) in [6, 6.07) is 14.2. The zero-order chi connectivity index (χ0) is 18.6. The average Bonchev–Trinajstić information content (AvgIpc) is 2.67. The molecule has 7 heteroatoms. The van der Waals surface area contributed by atoms with E-state index in [1.807, 2.05) is 30.3 Å². The molecule has 1 fully saturated rings. The van der Waals surface area contributed by atoms with E-state index in [-0.39, 0.29) is 23.9 Å². The number of nitrogens with zero attached hydrogens (tertiary/aromatic N) is 2. The summed E-state index contributed by atoms with van der Waals surface area (Å²) in [4.78, 5) is 13.9. The third-order valence-corrected chi connectivity index (χ3v) is 6.13. The summed E-state index contributed by atoms with van der Waals surface area (Å²) in [5.74, 6) is -0.628. The van der Waals surface area contributed by atoms with Gasteiger partial charge in [0.1, 0.15) is 5.82 Å². The Hall–Kier alpha value is -2.51. The molecular formula is C19H19FN2O3S. The lowest BCUT2D eigenvalue weighted by molar-refractivity contribution is -0.127. The Morgan fingerprint density at radius 3 is 2.15 bits per heavy atom. The van der Waals surface area contributed by atoms with Gasteiger partial charge in [-0.1, -0.05) is 30.3 Å². The lowest BCUT2D eigenvalue weighted by Gasteiger charge is -2.33. The Bertz CT molecular complexity index is 888. The summed E-state index contributed by atoms with van der Waals surface area (Å²) in [6.45, 7) is 1.06. The number of piperazine rings is 1. The van der Waals surface area contributed by atoms with Crippen molar-refractivity contribution in [1.82, 2.24) is 9.21 Å². The fraction of sp³-hybridized carbons (Fsp3) is 0.211. The number of hydrogen-bond donors (Lipinski definition) is 0. The molecule has 26 heavy (non-hydrogen) atoms. The summed E-state index contributed by atoms with van der Waals surface area (Å²) in [5.41, 5.74) is 0.929. The summed E-state index contributed by atoms with van der Waals surface area (Å²) < 4.78 is 39.5. The van der Waals surface area contributed by atoms with Crippen LogP contribution in [-0.4, -0.2) is 49.7 Å². The minimum absolute atomic E-state index is 0.0580. The van der Waals surface area contributed by atoms with Crippen molar-refractivity contribution >= 4 is 22.0 Å². The van der Waals surface area contributed by atoms with Crippen molar-refractivity contribution in [3.63, 3.8) is 0 Å². The molecule has 5 nitrogen and oxygen atoms in total. The van der Waals surface area contributed by atoms with E-state index in [9.17, 15) is 17.6 Å². The molecule has 0 aliphatic carbocycles. The van der Waals surface area contributed by atoms with Gasteiger partial charge >= 0.3 is 0 Å². The molecule has 0 saturated carbocycles. The van der Waals surface area contributed by atoms with Crippen molar-refractivity contribution in [1.29, 1.82) is 0 Å². The first-order valence-electron chi connectivity index (χ1n) is 8.24. The highest BCUT2D eigenvalue weighted by Crippen LogP contribution is 2.18. The molecule has 0 aromatic heterocycles. The van der Waals surface area contributed by atoms with Gasteiger partial charge in [0.2, 0.25) is 15.9 Å². The Morgan fingerprint density at radius 2 is 1.54 bits per heavy atom. The van der Waals surface area contributed by atoms with E-state index in [4.69, 9.17) is 0 Å². The van der Waals surface area contributed by atoms with Crippen LogP contribution in [0.3, 0.4) is 0 Å². The van der Waals surface area contributed by atoms with Gasteiger partial charge in [0, 0.05) is 32.3 Å². The quantitative estimate of drug-likeness (QED) is 0.772. The molecule has 0 radical (unpaired) electrons. The number of rotatable bonds is 4. The van der Waals surface area contributed by atoms with Crippen LogP contribution in [0.5, 0.6) is 0 Å². The van der Waals surface area contributed by atoms with Crippen LogP contribution in [0.15, 0.2) is 65.6 Å². The monoisotopic (exact) mass is 374 g/mol. The molecule has 2 aromatic carbocycles. The second kappa shape index (κ2) is 7.80. The Labute approximate surface area is 152 Å². The molecule has 1 aliphatic rings. The normalized spacial score (nSPS) is 16.1. The molecule has 0 atom stereocenters. The van der Waals surface area contributed by atoms with Gasteiger partial charge in [-0.15, -0.1) is 0 Å². The van der Waals surface area contributed by atoms with Crippen molar-refractivity contribution in [3.8, 4) is 0 Å². The van der Waals surface area contributed by atoms with Gasteiger partial charge in [-0.05, 0) is 35.9 Å². The summed E-state index contributed by atoms with van der Waals surface area (Å²) >= 11 is 0. The molecule has 2 aromatic rings. The smallest absolute Gasteiger partial charge is 0.246 e. The topological polar surface area (TPSA) is 57.7 Å². The van der Waals surface area contributed by atoms with Gasteiger partial charge in [0.25, 0.3) is 0 Å². The van der Waals surface area contributed by atoms with E-state index in [0.29, 0.717) is 13.1 Å². The highest BCUT2D eigenvalue weighted by atomic mass is 32.2. The van der Waals surface area contributed by atoms with Gasteiger partial charge in [-0.2, -0.15) is 4.31 Å². The number of benzene rings is 2. The fourth-order valence-corrected chi connectivity index (χ4v) is 4.16. The van der Waals surface area contributed by atoms with Crippen molar-refractivity contribution in [3.05, 3.63) is 72.1 Å². The molecule has 1 amide bonds. The van der Waals surface area contributed by atoms with Gasteiger partial charge in [0.15, 0.2) is 0 Å². The Balaban J connectivity index is 1.61. The van der Waals surface area contributed by atoms with E-state index >= 15 is 0 Å². The van der Waals surface area contributed by atoms with Crippen molar-refractivity contribution in [2.75, 3.05) is 26.2 Å². The molecule has 0 unspecified atom stereocenters. The molecule has 136 valence electrons. The highest BCUT2D eigenvalue weighted by Gasteiger charge is 2.29. The largest absolute Gasteiger partial charge is 0.337 e. The number of amides is 1. The predicted molar refractivity (Wildman–Crippen MR) is 97.2 cm³/mol. The zero-order valence-corrected chi connectivity index (χ0v) is 14.9. The highest BCUT2D eigenvalue weighted by molar-refractivity contribution is 7.89. The molecule has 1 saturated heterocycles. The number of hydrogen-bond acceptors (Lipinski definition) is 3. The maximum absolute atomic E-state index is 13.0. The number of carbonyl (C=O) groups is 1. The van der Waals surface area contributed by atoms with E-state index in [0.717, 1.165) is 17.7 Å². The van der Waals surface area contributed by atoms with Crippen LogP contribution < -0.4 is 0 Å². The van der Waals surface area contributed by atoms with E-state index in [2.05, 4.69) is 0 Å². The van der Waals surface area contributed by atoms with Crippen LogP contribution >= 0.6 is 0 Å². The predicted octanol–water partition coefficient (Wildman–Crippen LogP) is 2.37. The Kier molecular flexibility index (Phi) is 5.49. The van der Waals surface area contributed by atoms with Crippen LogP contribution in [-0.2, 0) is 14.8 Å². The molecule has 0 bridgehead atoms. The van der Waals surface area contributed by atoms with Crippen molar-refractivity contribution in [2.45, 2.75) is 4.90 Å². The first kappa shape index (κ1) is 18.3. The first-order valence-corrected chi connectivity index (χ1v) is 9.68. The molecule has 1 aliphatic heterocycles. The average molecular weight is 374 g/mol. The molecule has 1 heterocycles. The number of sulfonamides is 1. The van der Waals surface area contributed by atoms with E-state index in [1.54, 1.807) is 11.0 Å². The fourth-order valence-electron chi connectivity index (χ4n) is 2.74. The van der Waals surface area contributed by atoms with Gasteiger partial charge in [-0.3, -0.25) is 4.79 Å². The van der Waals surface area contributed by atoms with Gasteiger partial charge in [0.05, 0.1) is 4.90 Å². The maximum atomic E-state index is 13.0. The van der Waals surface area contributed by atoms with Gasteiger partial charge in [-0.25, -0.2) is 12.8 Å². The van der Waals surface area contributed by atoms with Crippen LogP contribution in [0, 0.1) is 5.82 Å². The summed E-state index contributed by atoms with van der Waals surface area (Å²) in [5, 5.41) is 0. The van der Waals surface area contributed by atoms with Crippen LogP contribution in [0.4, 0.5) is 4.39 Å². The standard InChI is InChI=1S/C19H19FN2O3S/c20-17-7-9-18(10-8-17)26(24,25)22-14-12-21(13-15-22)19(23)11-6-16-4-2-1-3-5-16/h1-11H,12-15H2. The summed E-state index contributed by atoms with van der Waals surface area (Å²) in [6.07, 6.45) is 3.24.